The molecule has 6 nitrogen and oxygen atoms in total. The van der Waals surface area contributed by atoms with Crippen LogP contribution in [0, 0.1) is 6.92 Å². The molecule has 0 spiro atoms. The summed E-state index contributed by atoms with van der Waals surface area (Å²) in [5.74, 6) is 0.752. The number of nitrogens with zero attached hydrogens (tertiary/aromatic N) is 4. The Morgan fingerprint density at radius 3 is 2.38 bits per heavy atom. The van der Waals surface area contributed by atoms with Crippen molar-refractivity contribution in [3.05, 3.63) is 46.9 Å². The van der Waals surface area contributed by atoms with E-state index in [9.17, 15) is 18.3 Å². The first-order valence-corrected chi connectivity index (χ1v) is 7.84. The van der Waals surface area contributed by atoms with E-state index < -0.39 is 17.8 Å². The number of aliphatic hydroxyl groups is 1. The highest BCUT2D eigenvalue weighted by Gasteiger charge is 2.30. The van der Waals surface area contributed by atoms with Gasteiger partial charge in [-0.15, -0.1) is 0 Å². The van der Waals surface area contributed by atoms with Crippen LogP contribution < -0.4 is 4.74 Å². The van der Waals surface area contributed by atoms with Crippen LogP contribution in [-0.4, -0.2) is 32.0 Å². The summed E-state index contributed by atoms with van der Waals surface area (Å²) >= 11 is 0. The Morgan fingerprint density at radius 2 is 1.85 bits per heavy atom. The number of aliphatic hydroxyl groups excluding tert-OH is 1. The molecule has 26 heavy (non-hydrogen) atoms. The second-order valence-electron chi connectivity index (χ2n) is 5.82. The van der Waals surface area contributed by atoms with Crippen molar-refractivity contribution in [1.82, 2.24) is 19.7 Å². The molecule has 0 aliphatic carbocycles. The van der Waals surface area contributed by atoms with Crippen LogP contribution >= 0.6 is 0 Å². The lowest BCUT2D eigenvalue weighted by molar-refractivity contribution is -0.137. The number of halogens is 3. The van der Waals surface area contributed by atoms with Crippen LogP contribution in [0.2, 0.25) is 0 Å². The third-order valence-electron chi connectivity index (χ3n) is 4.13. The molecule has 2 aromatic heterocycles. The van der Waals surface area contributed by atoms with Gasteiger partial charge in [0.05, 0.1) is 25.3 Å². The minimum Gasteiger partial charge on any atom is -0.480 e. The molecule has 0 amide bonds. The van der Waals surface area contributed by atoms with Crippen LogP contribution in [0.1, 0.15) is 35.6 Å². The van der Waals surface area contributed by atoms with Gasteiger partial charge in [-0.2, -0.15) is 23.3 Å². The summed E-state index contributed by atoms with van der Waals surface area (Å²) in [5, 5.41) is 14.5. The number of aromatic nitrogens is 4. The number of aryl methyl sites for hydroxylation is 1. The first-order valence-electron chi connectivity index (χ1n) is 7.84. The SMILES string of the molecule is COc1nc(C)nc2c1c(CO)nn2[C@@H](C)c1ccc(C(F)(F)F)cc1. The molecule has 9 heteroatoms. The Hall–Kier alpha value is -2.68. The summed E-state index contributed by atoms with van der Waals surface area (Å²) in [6.45, 7) is 3.15. The fourth-order valence-electron chi connectivity index (χ4n) is 2.80. The molecule has 0 aliphatic heterocycles. The molecule has 0 fully saturated rings. The largest absolute Gasteiger partial charge is 0.480 e. The quantitative estimate of drug-likeness (QED) is 0.767. The molecule has 138 valence electrons. The van der Waals surface area contributed by atoms with Gasteiger partial charge in [-0.05, 0) is 31.5 Å². The van der Waals surface area contributed by atoms with E-state index in [0.717, 1.165) is 12.1 Å². The van der Waals surface area contributed by atoms with Gasteiger partial charge >= 0.3 is 6.18 Å². The van der Waals surface area contributed by atoms with Crippen LogP contribution in [0.5, 0.6) is 5.88 Å². The molecule has 3 rings (SSSR count). The van der Waals surface area contributed by atoms with E-state index in [-0.39, 0.29) is 6.61 Å². The average Bonchev–Trinajstić information content (AvgIpc) is 2.98. The molecule has 0 radical (unpaired) electrons. The smallest absolute Gasteiger partial charge is 0.416 e. The van der Waals surface area contributed by atoms with Crippen LogP contribution in [0.3, 0.4) is 0 Å². The van der Waals surface area contributed by atoms with Gasteiger partial charge < -0.3 is 9.84 Å². The van der Waals surface area contributed by atoms with Crippen molar-refractivity contribution in [1.29, 1.82) is 0 Å². The lowest BCUT2D eigenvalue weighted by atomic mass is 10.1. The Morgan fingerprint density at radius 1 is 1.19 bits per heavy atom. The second-order valence-corrected chi connectivity index (χ2v) is 5.82. The van der Waals surface area contributed by atoms with Crippen LogP contribution in [-0.2, 0) is 12.8 Å². The number of benzene rings is 1. The first kappa shape index (κ1) is 18.1. The third kappa shape index (κ3) is 3.10. The molecule has 1 N–H and O–H groups in total. The maximum absolute atomic E-state index is 12.8. The van der Waals surface area contributed by atoms with Gasteiger partial charge in [0.25, 0.3) is 0 Å². The number of methoxy groups -OCH3 is 1. The molecule has 3 aromatic rings. The predicted octanol–water partition coefficient (Wildman–Crippen LogP) is 3.26. The number of hydrogen-bond donors (Lipinski definition) is 1. The maximum atomic E-state index is 12.8. The van der Waals surface area contributed by atoms with Crippen molar-refractivity contribution in [3.8, 4) is 5.88 Å². The van der Waals surface area contributed by atoms with Crippen LogP contribution in [0.25, 0.3) is 11.0 Å². The van der Waals surface area contributed by atoms with Crippen LogP contribution in [0.15, 0.2) is 24.3 Å². The van der Waals surface area contributed by atoms with Gasteiger partial charge in [-0.3, -0.25) is 0 Å². The highest BCUT2D eigenvalue weighted by molar-refractivity contribution is 5.84. The van der Waals surface area contributed by atoms with E-state index in [1.165, 1.54) is 19.2 Å². The summed E-state index contributed by atoms with van der Waals surface area (Å²) in [4.78, 5) is 8.56. The number of rotatable bonds is 4. The van der Waals surface area contributed by atoms with Gasteiger partial charge in [-0.25, -0.2) is 9.67 Å². The lowest BCUT2D eigenvalue weighted by Crippen LogP contribution is -2.11. The maximum Gasteiger partial charge on any atom is 0.416 e. The van der Waals surface area contributed by atoms with Crippen LogP contribution in [0.4, 0.5) is 13.2 Å². The second kappa shape index (κ2) is 6.56. The summed E-state index contributed by atoms with van der Waals surface area (Å²) in [5.41, 5.74) is 0.707. The highest BCUT2D eigenvalue weighted by Crippen LogP contribution is 2.32. The van der Waals surface area contributed by atoms with Gasteiger partial charge in [0, 0.05) is 0 Å². The number of fused-ring (bicyclic) bond motifs is 1. The van der Waals surface area contributed by atoms with E-state index in [0.29, 0.717) is 34.0 Å². The van der Waals surface area contributed by atoms with E-state index in [1.54, 1.807) is 18.5 Å². The Balaban J connectivity index is 2.11. The van der Waals surface area contributed by atoms with E-state index in [4.69, 9.17) is 4.74 Å². The zero-order chi connectivity index (χ0) is 19.1. The first-order chi connectivity index (χ1) is 12.3. The van der Waals surface area contributed by atoms with Crippen molar-refractivity contribution in [2.75, 3.05) is 7.11 Å². The fraction of sp³-hybridized carbons (Fsp3) is 0.353. The summed E-state index contributed by atoms with van der Waals surface area (Å²) < 4.78 is 45.1. The molecule has 0 saturated heterocycles. The van der Waals surface area contributed by atoms with Gasteiger partial charge in [0.2, 0.25) is 5.88 Å². The molecule has 2 heterocycles. The molecule has 0 saturated carbocycles. The van der Waals surface area contributed by atoms with Crippen molar-refractivity contribution in [2.24, 2.45) is 0 Å². The summed E-state index contributed by atoms with van der Waals surface area (Å²) in [6, 6.07) is 4.48. The zero-order valence-corrected chi connectivity index (χ0v) is 14.4. The Bertz CT molecular complexity index is 936. The van der Waals surface area contributed by atoms with Crippen molar-refractivity contribution >= 4 is 11.0 Å². The van der Waals surface area contributed by atoms with E-state index in [1.807, 2.05) is 0 Å². The van der Waals surface area contributed by atoms with E-state index in [2.05, 4.69) is 15.1 Å². The van der Waals surface area contributed by atoms with E-state index >= 15 is 0 Å². The van der Waals surface area contributed by atoms with Crippen molar-refractivity contribution in [3.63, 3.8) is 0 Å². The zero-order valence-electron chi connectivity index (χ0n) is 14.4. The fourth-order valence-corrected chi connectivity index (χ4v) is 2.80. The number of ether oxygens (including phenoxy) is 1. The molecule has 0 aliphatic rings. The molecular weight excluding hydrogens is 349 g/mol. The molecule has 1 aromatic carbocycles. The molecule has 1 atom stereocenters. The monoisotopic (exact) mass is 366 g/mol. The number of alkyl halides is 3. The third-order valence-corrected chi connectivity index (χ3v) is 4.13. The van der Waals surface area contributed by atoms with Crippen molar-refractivity contribution in [2.45, 2.75) is 32.7 Å². The molecule has 0 bridgehead atoms. The highest BCUT2D eigenvalue weighted by atomic mass is 19.4. The minimum absolute atomic E-state index is 0.294. The summed E-state index contributed by atoms with van der Waals surface area (Å²) in [7, 11) is 1.46. The Kier molecular flexibility index (Phi) is 4.57. The van der Waals surface area contributed by atoms with Gasteiger partial charge in [0.1, 0.15) is 16.9 Å². The minimum atomic E-state index is -4.39. The molecule has 0 unspecified atom stereocenters. The van der Waals surface area contributed by atoms with Gasteiger partial charge in [0.15, 0.2) is 5.65 Å². The summed E-state index contributed by atoms with van der Waals surface area (Å²) in [6.07, 6.45) is -4.39. The number of hydrogen-bond acceptors (Lipinski definition) is 5. The standard InChI is InChI=1S/C17H17F3N4O2/c1-9(11-4-6-12(7-5-11)17(18,19)20)24-15-14(13(8-25)23-24)16(26-3)22-10(2)21-15/h4-7,9,25H,8H2,1-3H3/t9-/m0/s1. The molecular formula is C17H17F3N4O2. The predicted molar refractivity (Wildman–Crippen MR) is 87.8 cm³/mol. The van der Waals surface area contributed by atoms with Gasteiger partial charge in [-0.1, -0.05) is 12.1 Å². The average molecular weight is 366 g/mol. The Labute approximate surface area is 147 Å². The topological polar surface area (TPSA) is 73.1 Å². The van der Waals surface area contributed by atoms with Crippen molar-refractivity contribution < 1.29 is 23.0 Å². The lowest BCUT2D eigenvalue weighted by Gasteiger charge is -2.15. The normalized spacial score (nSPS) is 13.2.